The number of rotatable bonds is 4. The number of benzene rings is 1. The molecule has 2 aromatic heterocycles. The lowest BCUT2D eigenvalue weighted by atomic mass is 9.95. The first kappa shape index (κ1) is 23.9. The number of nitrogens with one attached hydrogen (secondary N) is 2. The molecule has 1 fully saturated rings. The van der Waals surface area contributed by atoms with Crippen LogP contribution in [0.15, 0.2) is 24.5 Å². The lowest BCUT2D eigenvalue weighted by molar-refractivity contribution is -0.137. The van der Waals surface area contributed by atoms with E-state index in [2.05, 4.69) is 25.5 Å². The van der Waals surface area contributed by atoms with E-state index in [1.165, 1.54) is 30.3 Å². The van der Waals surface area contributed by atoms with E-state index in [9.17, 15) is 22.8 Å². The van der Waals surface area contributed by atoms with Crippen LogP contribution in [-0.4, -0.2) is 34.9 Å². The number of anilines is 3. The van der Waals surface area contributed by atoms with Gasteiger partial charge in [-0.05, 0) is 50.5 Å². The first-order chi connectivity index (χ1) is 16.0. The minimum atomic E-state index is -4.69. The van der Waals surface area contributed by atoms with Gasteiger partial charge in [0.25, 0.3) is 0 Å². The van der Waals surface area contributed by atoms with Crippen LogP contribution in [-0.2, 0) is 15.8 Å². The molecule has 0 unspecified atom stereocenters. The second kappa shape index (κ2) is 9.21. The number of aromatic nitrogens is 2. The van der Waals surface area contributed by atoms with Crippen molar-refractivity contribution in [1.82, 2.24) is 9.97 Å². The predicted octanol–water partition coefficient (Wildman–Crippen LogP) is 5.14. The van der Waals surface area contributed by atoms with Crippen LogP contribution in [0.2, 0.25) is 0 Å². The fourth-order valence-electron chi connectivity index (χ4n) is 4.16. The van der Waals surface area contributed by atoms with E-state index in [4.69, 9.17) is 0 Å². The Morgan fingerprint density at radius 3 is 2.47 bits per heavy atom. The number of amides is 2. The van der Waals surface area contributed by atoms with Crippen LogP contribution >= 0.6 is 11.3 Å². The molecule has 0 bridgehead atoms. The molecular formula is C23H24F3N5O2S. The van der Waals surface area contributed by atoms with Crippen LogP contribution < -0.4 is 15.5 Å². The van der Waals surface area contributed by atoms with Gasteiger partial charge in [0.2, 0.25) is 11.8 Å². The van der Waals surface area contributed by atoms with Crippen molar-refractivity contribution in [3.8, 4) is 0 Å². The van der Waals surface area contributed by atoms with E-state index in [1.807, 2.05) is 13.8 Å². The number of halogens is 3. The van der Waals surface area contributed by atoms with Crippen molar-refractivity contribution < 1.29 is 22.8 Å². The molecule has 1 aromatic carbocycles. The second-order valence-electron chi connectivity index (χ2n) is 8.35. The second-order valence-corrected chi connectivity index (χ2v) is 9.55. The van der Waals surface area contributed by atoms with E-state index < -0.39 is 29.5 Å². The zero-order chi connectivity index (χ0) is 24.6. The van der Waals surface area contributed by atoms with E-state index in [0.29, 0.717) is 25.9 Å². The molecule has 7 nitrogen and oxygen atoms in total. The number of piperidine rings is 1. The number of carbonyl (C=O) groups is 2. The predicted molar refractivity (Wildman–Crippen MR) is 126 cm³/mol. The Labute approximate surface area is 198 Å². The number of carbonyl (C=O) groups excluding carboxylic acids is 2. The lowest BCUT2D eigenvalue weighted by Crippen LogP contribution is -2.38. The molecule has 0 spiro atoms. The Bertz CT molecular complexity index is 1250. The quantitative estimate of drug-likeness (QED) is 0.528. The number of aryl methyl sites for hydroxylation is 2. The lowest BCUT2D eigenvalue weighted by Gasteiger charge is -2.32. The maximum Gasteiger partial charge on any atom is 0.418 e. The van der Waals surface area contributed by atoms with Gasteiger partial charge in [-0.25, -0.2) is 9.97 Å². The van der Waals surface area contributed by atoms with Crippen LogP contribution in [0, 0.1) is 19.8 Å². The summed E-state index contributed by atoms with van der Waals surface area (Å²) in [5.41, 5.74) is -0.175. The molecule has 180 valence electrons. The summed E-state index contributed by atoms with van der Waals surface area (Å²) in [4.78, 5) is 37.1. The van der Waals surface area contributed by atoms with E-state index in [1.54, 1.807) is 11.3 Å². The molecule has 1 saturated heterocycles. The molecule has 2 N–H and O–H groups in total. The van der Waals surface area contributed by atoms with Crippen molar-refractivity contribution in [1.29, 1.82) is 0 Å². The fourth-order valence-corrected chi connectivity index (χ4v) is 5.15. The molecule has 4 rings (SSSR count). The molecule has 0 saturated carbocycles. The molecule has 1 aliphatic rings. The molecule has 0 atom stereocenters. The number of hydrogen-bond donors (Lipinski definition) is 2. The van der Waals surface area contributed by atoms with Crippen molar-refractivity contribution in [3.63, 3.8) is 0 Å². The maximum absolute atomic E-state index is 13.6. The van der Waals surface area contributed by atoms with Gasteiger partial charge in [-0.3, -0.25) is 9.59 Å². The number of thiophene rings is 1. The topological polar surface area (TPSA) is 87.2 Å². The summed E-state index contributed by atoms with van der Waals surface area (Å²) in [6, 6.07) is 3.33. The normalized spacial score (nSPS) is 14.9. The van der Waals surface area contributed by atoms with Crippen LogP contribution in [0.4, 0.5) is 30.4 Å². The van der Waals surface area contributed by atoms with Crippen molar-refractivity contribution in [2.24, 2.45) is 5.92 Å². The molecule has 11 heteroatoms. The zero-order valence-corrected chi connectivity index (χ0v) is 19.7. The van der Waals surface area contributed by atoms with Gasteiger partial charge >= 0.3 is 6.18 Å². The molecule has 0 radical (unpaired) electrons. The zero-order valence-electron chi connectivity index (χ0n) is 18.9. The highest BCUT2D eigenvalue weighted by Gasteiger charge is 2.35. The number of nitrogens with zero attached hydrogens (tertiary/aromatic N) is 3. The fraction of sp³-hybridized carbons (Fsp3) is 0.391. The third kappa shape index (κ3) is 4.84. The minimum absolute atomic E-state index is 0.0151. The molecule has 34 heavy (non-hydrogen) atoms. The summed E-state index contributed by atoms with van der Waals surface area (Å²) in [5, 5.41) is 5.80. The number of hydrogen-bond acceptors (Lipinski definition) is 6. The highest BCUT2D eigenvalue weighted by Crippen LogP contribution is 2.38. The Hall–Kier alpha value is -3.21. The van der Waals surface area contributed by atoms with Crippen LogP contribution in [0.3, 0.4) is 0 Å². The Kier molecular flexibility index (Phi) is 6.48. The monoisotopic (exact) mass is 491 g/mol. The summed E-state index contributed by atoms with van der Waals surface area (Å²) in [5.74, 6) is -0.521. The van der Waals surface area contributed by atoms with Gasteiger partial charge in [-0.2, -0.15) is 13.2 Å². The third-order valence-electron chi connectivity index (χ3n) is 6.01. The average Bonchev–Trinajstić information content (AvgIpc) is 3.07. The molecule has 3 heterocycles. The van der Waals surface area contributed by atoms with Crippen LogP contribution in [0.25, 0.3) is 10.2 Å². The smallest absolute Gasteiger partial charge is 0.356 e. The third-order valence-corrected chi connectivity index (χ3v) is 7.13. The van der Waals surface area contributed by atoms with Gasteiger partial charge in [-0.15, -0.1) is 11.3 Å². The van der Waals surface area contributed by atoms with Gasteiger partial charge in [-0.1, -0.05) is 0 Å². The van der Waals surface area contributed by atoms with Gasteiger partial charge < -0.3 is 15.5 Å². The van der Waals surface area contributed by atoms with Crippen molar-refractivity contribution in [2.45, 2.75) is 39.8 Å². The Morgan fingerprint density at radius 2 is 1.82 bits per heavy atom. The highest BCUT2D eigenvalue weighted by molar-refractivity contribution is 7.18. The molecular weight excluding hydrogens is 467 g/mol. The summed E-state index contributed by atoms with van der Waals surface area (Å²) in [6.07, 6.45) is -2.17. The van der Waals surface area contributed by atoms with Crippen LogP contribution in [0.1, 0.15) is 35.8 Å². The summed E-state index contributed by atoms with van der Waals surface area (Å²) >= 11 is 1.61. The van der Waals surface area contributed by atoms with Crippen LogP contribution in [0.5, 0.6) is 0 Å². The van der Waals surface area contributed by atoms with Gasteiger partial charge in [0.1, 0.15) is 17.0 Å². The highest BCUT2D eigenvalue weighted by atomic mass is 32.1. The molecule has 0 aliphatic carbocycles. The van der Waals surface area contributed by atoms with Crippen molar-refractivity contribution in [3.05, 3.63) is 40.5 Å². The first-order valence-corrected chi connectivity index (χ1v) is 11.6. The molecule has 2 amide bonds. The molecule has 3 aromatic rings. The SMILES string of the molecule is CC(=O)Nc1ccc(NC(=O)C2CCN(c3ncnc4sc(C)c(C)c34)CC2)c(C(F)(F)F)c1. The molecule has 1 aliphatic heterocycles. The van der Waals surface area contributed by atoms with Gasteiger partial charge in [0.05, 0.1) is 16.6 Å². The summed E-state index contributed by atoms with van der Waals surface area (Å²) in [6.45, 7) is 6.41. The van der Waals surface area contributed by atoms with Crippen molar-refractivity contribution >= 4 is 50.6 Å². The Morgan fingerprint density at radius 1 is 1.12 bits per heavy atom. The first-order valence-electron chi connectivity index (χ1n) is 10.8. The van der Waals surface area contributed by atoms with E-state index in [-0.39, 0.29) is 11.4 Å². The minimum Gasteiger partial charge on any atom is -0.356 e. The Balaban J connectivity index is 1.47. The van der Waals surface area contributed by atoms with Crippen molar-refractivity contribution in [2.75, 3.05) is 28.6 Å². The summed E-state index contributed by atoms with van der Waals surface area (Å²) < 4.78 is 40.7. The van der Waals surface area contributed by atoms with Gasteiger partial charge in [0.15, 0.2) is 0 Å². The summed E-state index contributed by atoms with van der Waals surface area (Å²) in [7, 11) is 0. The van der Waals surface area contributed by atoms with Gasteiger partial charge in [0, 0.05) is 36.5 Å². The number of fused-ring (bicyclic) bond motifs is 1. The average molecular weight is 492 g/mol. The standard InChI is InChI=1S/C23H24F3N5O2S/c1-12-13(2)34-22-19(12)20(27-11-28-22)31-8-6-15(7-9-31)21(33)30-18-5-4-16(29-14(3)32)10-17(18)23(24,25)26/h4-5,10-11,15H,6-9H2,1-3H3,(H,29,32)(H,30,33). The van der Waals surface area contributed by atoms with E-state index in [0.717, 1.165) is 27.7 Å². The largest absolute Gasteiger partial charge is 0.418 e. The number of alkyl halides is 3. The maximum atomic E-state index is 13.6. The van der Waals surface area contributed by atoms with E-state index >= 15 is 0 Å².